The largest absolute Gasteiger partial charge is 0.495 e. The number of nitrogens with two attached hydrogens (primary N) is 1. The normalized spacial score (nSPS) is 10.5. The van der Waals surface area contributed by atoms with Crippen LogP contribution in [0.1, 0.15) is 26.4 Å². The fraction of sp³-hybridized carbons (Fsp3) is 0.136. The van der Waals surface area contributed by atoms with Crippen molar-refractivity contribution in [3.8, 4) is 16.9 Å². The Balaban J connectivity index is 2.01. The summed E-state index contributed by atoms with van der Waals surface area (Å²) in [5.41, 5.74) is 8.71. The number of primary amides is 1. The minimum absolute atomic E-state index is 0.172. The van der Waals surface area contributed by atoms with Gasteiger partial charge in [-0.1, -0.05) is 23.7 Å². The second-order valence-electron chi connectivity index (χ2n) is 6.48. The summed E-state index contributed by atoms with van der Waals surface area (Å²) in [7, 11) is 3.24. The molecule has 0 spiro atoms. The summed E-state index contributed by atoms with van der Waals surface area (Å²) >= 11 is 6.39. The molecular weight excluding hydrogens is 390 g/mol. The van der Waals surface area contributed by atoms with Crippen molar-refractivity contribution in [2.45, 2.75) is 6.92 Å². The third-order valence-corrected chi connectivity index (χ3v) is 4.95. The summed E-state index contributed by atoms with van der Waals surface area (Å²) in [5, 5.41) is 0.471. The summed E-state index contributed by atoms with van der Waals surface area (Å²) in [6.45, 7) is 1.83. The predicted molar refractivity (Wildman–Crippen MR) is 114 cm³/mol. The van der Waals surface area contributed by atoms with E-state index in [0.717, 1.165) is 11.1 Å². The molecule has 2 N–H and O–H groups in total. The van der Waals surface area contributed by atoms with Gasteiger partial charge in [-0.05, 0) is 48.9 Å². The molecule has 29 heavy (non-hydrogen) atoms. The highest BCUT2D eigenvalue weighted by atomic mass is 35.5. The number of hydrogen-bond donors (Lipinski definition) is 1. The van der Waals surface area contributed by atoms with Crippen LogP contribution in [0.15, 0.2) is 54.7 Å². The number of hydrogen-bond acceptors (Lipinski definition) is 4. The molecule has 0 fully saturated rings. The number of rotatable bonds is 5. The smallest absolute Gasteiger partial charge is 0.267 e. The van der Waals surface area contributed by atoms with Gasteiger partial charge in [0.1, 0.15) is 11.4 Å². The molecule has 0 bridgehead atoms. The van der Waals surface area contributed by atoms with Gasteiger partial charge in [0.05, 0.1) is 12.8 Å². The Kier molecular flexibility index (Phi) is 5.84. The standard InChI is InChI=1S/C22H20ClN3O3/c1-13-10-18(21(24)27)25-12-16(13)15-11-14(8-9-17(15)23)22(28)26(2)19-6-4-5-7-20(19)29-3/h4-12H,1-3H3,(H2,24,27). The first kappa shape index (κ1) is 20.4. The molecule has 1 aromatic heterocycles. The summed E-state index contributed by atoms with van der Waals surface area (Å²) in [6, 6.07) is 13.9. The molecule has 2 aromatic carbocycles. The highest BCUT2D eigenvalue weighted by molar-refractivity contribution is 6.33. The maximum absolute atomic E-state index is 13.1. The van der Waals surface area contributed by atoms with E-state index in [-0.39, 0.29) is 11.6 Å². The molecule has 1 heterocycles. The Morgan fingerprint density at radius 2 is 1.83 bits per heavy atom. The number of para-hydroxylation sites is 2. The topological polar surface area (TPSA) is 85.5 Å². The maximum atomic E-state index is 13.1. The second kappa shape index (κ2) is 8.32. The van der Waals surface area contributed by atoms with E-state index in [1.807, 2.05) is 25.1 Å². The molecule has 3 aromatic rings. The molecule has 6 nitrogen and oxygen atoms in total. The lowest BCUT2D eigenvalue weighted by Crippen LogP contribution is -2.26. The van der Waals surface area contributed by atoms with Gasteiger partial charge >= 0.3 is 0 Å². The first-order valence-corrected chi connectivity index (χ1v) is 9.18. The highest BCUT2D eigenvalue weighted by Gasteiger charge is 2.19. The quantitative estimate of drug-likeness (QED) is 0.687. The molecule has 148 valence electrons. The van der Waals surface area contributed by atoms with E-state index in [2.05, 4.69) is 4.98 Å². The molecule has 0 saturated heterocycles. The molecule has 2 amide bonds. The summed E-state index contributed by atoms with van der Waals surface area (Å²) in [4.78, 5) is 30.0. The van der Waals surface area contributed by atoms with Crippen molar-refractivity contribution in [2.75, 3.05) is 19.1 Å². The van der Waals surface area contributed by atoms with Gasteiger partial charge in [-0.2, -0.15) is 0 Å². The van der Waals surface area contributed by atoms with Gasteiger partial charge in [0.15, 0.2) is 0 Å². The Morgan fingerprint density at radius 1 is 1.10 bits per heavy atom. The molecule has 0 aliphatic heterocycles. The number of carbonyl (C=O) groups is 2. The molecule has 7 heteroatoms. The van der Waals surface area contributed by atoms with Crippen molar-refractivity contribution in [3.05, 3.63) is 76.6 Å². The number of methoxy groups -OCH3 is 1. The first-order valence-electron chi connectivity index (χ1n) is 8.81. The fourth-order valence-electron chi connectivity index (χ4n) is 3.05. The zero-order chi connectivity index (χ0) is 21.1. The van der Waals surface area contributed by atoms with Crippen LogP contribution >= 0.6 is 11.6 Å². The van der Waals surface area contributed by atoms with E-state index in [9.17, 15) is 9.59 Å². The van der Waals surface area contributed by atoms with Crippen molar-refractivity contribution in [2.24, 2.45) is 5.73 Å². The number of halogens is 1. The highest BCUT2D eigenvalue weighted by Crippen LogP contribution is 2.33. The van der Waals surface area contributed by atoms with Crippen LogP contribution in [0.25, 0.3) is 11.1 Å². The van der Waals surface area contributed by atoms with Gasteiger partial charge in [0.25, 0.3) is 11.8 Å². The molecule has 0 atom stereocenters. The van der Waals surface area contributed by atoms with Gasteiger partial charge in [-0.3, -0.25) is 14.6 Å². The monoisotopic (exact) mass is 409 g/mol. The number of nitrogens with zero attached hydrogens (tertiary/aromatic N) is 2. The molecular formula is C22H20ClN3O3. The van der Waals surface area contributed by atoms with Crippen molar-refractivity contribution >= 4 is 29.1 Å². The van der Waals surface area contributed by atoms with Crippen molar-refractivity contribution in [1.29, 1.82) is 0 Å². The molecule has 0 aliphatic carbocycles. The van der Waals surface area contributed by atoms with E-state index in [1.54, 1.807) is 44.5 Å². The number of aromatic nitrogens is 1. The van der Waals surface area contributed by atoms with E-state index in [4.69, 9.17) is 22.1 Å². The van der Waals surface area contributed by atoms with Gasteiger partial charge in [-0.15, -0.1) is 0 Å². The Labute approximate surface area is 173 Å². The summed E-state index contributed by atoms with van der Waals surface area (Å²) < 4.78 is 5.35. The maximum Gasteiger partial charge on any atom is 0.267 e. The van der Waals surface area contributed by atoms with Crippen molar-refractivity contribution < 1.29 is 14.3 Å². The van der Waals surface area contributed by atoms with Crippen LogP contribution in [-0.4, -0.2) is 31.0 Å². The molecule has 0 radical (unpaired) electrons. The number of aryl methyl sites for hydroxylation is 1. The number of amides is 2. The average molecular weight is 410 g/mol. The number of benzene rings is 2. The van der Waals surface area contributed by atoms with Gasteiger partial charge in [0.2, 0.25) is 0 Å². The third kappa shape index (κ3) is 4.07. The lowest BCUT2D eigenvalue weighted by atomic mass is 9.99. The van der Waals surface area contributed by atoms with Crippen LogP contribution in [0.4, 0.5) is 5.69 Å². The number of ether oxygens (including phenoxy) is 1. The fourth-order valence-corrected chi connectivity index (χ4v) is 3.27. The SMILES string of the molecule is COc1ccccc1N(C)C(=O)c1ccc(Cl)c(-c2cnc(C(N)=O)cc2C)c1. The van der Waals surface area contributed by atoms with Gasteiger partial charge in [0, 0.05) is 35.0 Å². The molecule has 3 rings (SSSR count). The lowest BCUT2D eigenvalue weighted by molar-refractivity contribution is 0.0986. The van der Waals surface area contributed by atoms with Crippen molar-refractivity contribution in [3.63, 3.8) is 0 Å². The van der Waals surface area contributed by atoms with Crippen molar-refractivity contribution in [1.82, 2.24) is 4.98 Å². The van der Waals surface area contributed by atoms with Crippen LogP contribution in [0, 0.1) is 6.92 Å². The number of anilines is 1. The lowest BCUT2D eigenvalue weighted by Gasteiger charge is -2.20. The summed E-state index contributed by atoms with van der Waals surface area (Å²) in [6.07, 6.45) is 1.54. The Morgan fingerprint density at radius 3 is 2.48 bits per heavy atom. The number of carbonyl (C=O) groups excluding carboxylic acids is 2. The minimum atomic E-state index is -0.604. The third-order valence-electron chi connectivity index (χ3n) is 4.62. The van der Waals surface area contributed by atoms with E-state index >= 15 is 0 Å². The molecule has 0 aliphatic rings. The van der Waals surface area contributed by atoms with Gasteiger partial charge in [-0.25, -0.2) is 0 Å². The zero-order valence-electron chi connectivity index (χ0n) is 16.3. The van der Waals surface area contributed by atoms with Gasteiger partial charge < -0.3 is 15.4 Å². The first-order chi connectivity index (χ1) is 13.8. The van der Waals surface area contributed by atoms with E-state index in [1.165, 1.54) is 11.1 Å². The molecule has 0 unspecified atom stereocenters. The minimum Gasteiger partial charge on any atom is -0.495 e. The van der Waals surface area contributed by atoms with Crippen LogP contribution in [0.2, 0.25) is 5.02 Å². The second-order valence-corrected chi connectivity index (χ2v) is 6.89. The van der Waals surface area contributed by atoms with Crippen LogP contribution < -0.4 is 15.4 Å². The predicted octanol–water partition coefficient (Wildman–Crippen LogP) is 4.09. The van der Waals surface area contributed by atoms with Crippen LogP contribution in [0.5, 0.6) is 5.75 Å². The number of pyridine rings is 1. The Hall–Kier alpha value is -3.38. The molecule has 0 saturated carbocycles. The van der Waals surface area contributed by atoms with Crippen LogP contribution in [-0.2, 0) is 0 Å². The zero-order valence-corrected chi connectivity index (χ0v) is 17.0. The Bertz CT molecular complexity index is 1100. The summed E-state index contributed by atoms with van der Waals surface area (Å²) in [5.74, 6) is -0.223. The van der Waals surface area contributed by atoms with Crippen LogP contribution in [0.3, 0.4) is 0 Å². The average Bonchev–Trinajstić information content (AvgIpc) is 2.73. The van der Waals surface area contributed by atoms with E-state index < -0.39 is 5.91 Å². The van der Waals surface area contributed by atoms with E-state index in [0.29, 0.717) is 27.6 Å².